The zero-order valence-corrected chi connectivity index (χ0v) is 11.4. The van der Waals surface area contributed by atoms with E-state index in [9.17, 15) is 18.0 Å². The van der Waals surface area contributed by atoms with Gasteiger partial charge in [-0.15, -0.1) is 5.54 Å². The monoisotopic (exact) mass is 270 g/mol. The second-order valence-corrected chi connectivity index (χ2v) is 9.64. The Morgan fingerprint density at radius 2 is 1.83 bits per heavy atom. The van der Waals surface area contributed by atoms with Crippen LogP contribution in [0.5, 0.6) is 0 Å². The molecule has 0 spiro atoms. The molecule has 96 valence electrons. The summed E-state index contributed by atoms with van der Waals surface area (Å²) in [6, 6.07) is 3.50. The number of aldehydes is 1. The Balaban J connectivity index is 3.47. The third kappa shape index (κ3) is 3.74. The Hall–Kier alpha value is -1.54. The van der Waals surface area contributed by atoms with Crippen LogP contribution in [0.1, 0.15) is 21.5 Å². The molecule has 0 saturated carbocycles. The van der Waals surface area contributed by atoms with Crippen LogP contribution in [-0.4, -0.2) is 14.4 Å². The maximum atomic E-state index is 12.8. The first-order valence-electron chi connectivity index (χ1n) is 5.34. The molecule has 1 nitrogen and oxygen atoms in total. The summed E-state index contributed by atoms with van der Waals surface area (Å²) in [5.41, 5.74) is 1.77. The highest BCUT2D eigenvalue weighted by atomic mass is 28.3. The minimum Gasteiger partial charge on any atom is -0.298 e. The van der Waals surface area contributed by atoms with E-state index in [-0.39, 0.29) is 11.1 Å². The minimum absolute atomic E-state index is 0.0180. The number of carbonyl (C=O) groups is 1. The van der Waals surface area contributed by atoms with Crippen LogP contribution in [0, 0.1) is 11.5 Å². The summed E-state index contributed by atoms with van der Waals surface area (Å²) in [4.78, 5) is 10.8. The van der Waals surface area contributed by atoms with Crippen molar-refractivity contribution in [3.05, 3.63) is 34.9 Å². The number of hydrogen-bond acceptors (Lipinski definition) is 1. The molecule has 0 radical (unpaired) electrons. The van der Waals surface area contributed by atoms with E-state index in [4.69, 9.17) is 0 Å². The fraction of sp³-hybridized carbons (Fsp3) is 0.308. The molecule has 0 saturated heterocycles. The lowest BCUT2D eigenvalue weighted by Gasteiger charge is -2.11. The van der Waals surface area contributed by atoms with Gasteiger partial charge in [0.15, 0.2) is 6.29 Å². The molecule has 0 aromatic heterocycles. The maximum absolute atomic E-state index is 12.8. The van der Waals surface area contributed by atoms with Gasteiger partial charge in [-0.3, -0.25) is 4.79 Å². The number of alkyl halides is 3. The van der Waals surface area contributed by atoms with Gasteiger partial charge in [-0.25, -0.2) is 0 Å². The summed E-state index contributed by atoms with van der Waals surface area (Å²) in [6.45, 7) is 5.78. The van der Waals surface area contributed by atoms with Crippen LogP contribution in [0.4, 0.5) is 13.2 Å². The number of rotatable bonds is 1. The predicted octanol–water partition coefficient (Wildman–Crippen LogP) is 3.75. The maximum Gasteiger partial charge on any atom is 0.417 e. The summed E-state index contributed by atoms with van der Waals surface area (Å²) < 4.78 is 38.4. The lowest BCUT2D eigenvalue weighted by molar-refractivity contribution is -0.137. The Morgan fingerprint density at radius 3 is 2.28 bits per heavy atom. The first-order chi connectivity index (χ1) is 8.15. The average molecular weight is 270 g/mol. The molecular formula is C13H13F3OSi. The zero-order chi connectivity index (χ0) is 14.0. The van der Waals surface area contributed by atoms with Gasteiger partial charge in [0.2, 0.25) is 0 Å². The fourth-order valence-electron chi connectivity index (χ4n) is 1.29. The average Bonchev–Trinajstić information content (AvgIpc) is 2.23. The van der Waals surface area contributed by atoms with E-state index in [1.54, 1.807) is 0 Å². The minimum atomic E-state index is -4.50. The van der Waals surface area contributed by atoms with Gasteiger partial charge in [0.05, 0.1) is 5.56 Å². The largest absolute Gasteiger partial charge is 0.417 e. The molecule has 1 rings (SSSR count). The molecular weight excluding hydrogens is 257 g/mol. The van der Waals surface area contributed by atoms with E-state index in [0.29, 0.717) is 6.29 Å². The molecule has 0 heterocycles. The van der Waals surface area contributed by atoms with E-state index >= 15 is 0 Å². The van der Waals surface area contributed by atoms with Crippen molar-refractivity contribution in [3.8, 4) is 11.5 Å². The summed E-state index contributed by atoms with van der Waals surface area (Å²) in [6.07, 6.45) is -4.09. The van der Waals surface area contributed by atoms with Gasteiger partial charge < -0.3 is 0 Å². The van der Waals surface area contributed by atoms with E-state index in [1.165, 1.54) is 12.1 Å². The quantitative estimate of drug-likeness (QED) is 0.431. The number of halogens is 3. The van der Waals surface area contributed by atoms with Crippen LogP contribution in [0.15, 0.2) is 18.2 Å². The van der Waals surface area contributed by atoms with Crippen LogP contribution in [0.25, 0.3) is 0 Å². The first kappa shape index (κ1) is 14.5. The Kier molecular flexibility index (Phi) is 4.02. The van der Waals surface area contributed by atoms with Gasteiger partial charge in [-0.1, -0.05) is 37.7 Å². The summed E-state index contributed by atoms with van der Waals surface area (Å²) in [7, 11) is -1.80. The zero-order valence-electron chi connectivity index (χ0n) is 10.4. The number of benzene rings is 1. The van der Waals surface area contributed by atoms with Gasteiger partial charge >= 0.3 is 6.18 Å². The van der Waals surface area contributed by atoms with Crippen LogP contribution < -0.4 is 0 Å². The molecule has 0 fully saturated rings. The molecule has 0 aliphatic heterocycles. The van der Waals surface area contributed by atoms with Crippen LogP contribution in [0.3, 0.4) is 0 Å². The van der Waals surface area contributed by atoms with Gasteiger partial charge in [-0.05, 0) is 6.07 Å². The standard InChI is InChI=1S/C13H13F3OSi/c1-18(2,3)8-7-11-10(9-17)5-4-6-12(11)13(14,15)16/h4-6,9H,1-3H3. The molecule has 0 aliphatic rings. The van der Waals surface area contributed by atoms with Crippen molar-refractivity contribution in [1.29, 1.82) is 0 Å². The van der Waals surface area contributed by atoms with Crippen LogP contribution in [0.2, 0.25) is 19.6 Å². The SMILES string of the molecule is C[Si](C)(C)C#Cc1c(C=O)cccc1C(F)(F)F. The van der Waals surface area contributed by atoms with Gasteiger partial charge in [0.1, 0.15) is 8.07 Å². The van der Waals surface area contributed by atoms with Crippen LogP contribution >= 0.6 is 0 Å². The highest BCUT2D eigenvalue weighted by Crippen LogP contribution is 2.32. The van der Waals surface area contributed by atoms with Crippen LogP contribution in [-0.2, 0) is 6.18 Å². The molecule has 5 heteroatoms. The second kappa shape index (κ2) is 4.98. The van der Waals surface area contributed by atoms with Crippen molar-refractivity contribution in [2.75, 3.05) is 0 Å². The molecule has 0 aliphatic carbocycles. The summed E-state index contributed by atoms with van der Waals surface area (Å²) >= 11 is 0. The molecule has 0 atom stereocenters. The topological polar surface area (TPSA) is 17.1 Å². The first-order valence-corrected chi connectivity index (χ1v) is 8.84. The Labute approximate surface area is 105 Å². The lowest BCUT2D eigenvalue weighted by atomic mass is 10.0. The highest BCUT2D eigenvalue weighted by molar-refractivity contribution is 6.83. The van der Waals surface area contributed by atoms with E-state index in [2.05, 4.69) is 11.5 Å². The second-order valence-electron chi connectivity index (χ2n) is 4.89. The lowest BCUT2D eigenvalue weighted by Crippen LogP contribution is -2.17. The molecule has 0 amide bonds. The molecule has 0 bridgehead atoms. The normalized spacial score (nSPS) is 11.7. The smallest absolute Gasteiger partial charge is 0.298 e. The fourth-order valence-corrected chi connectivity index (χ4v) is 1.79. The highest BCUT2D eigenvalue weighted by Gasteiger charge is 2.33. The van der Waals surface area contributed by atoms with Crippen molar-refractivity contribution in [1.82, 2.24) is 0 Å². The molecule has 18 heavy (non-hydrogen) atoms. The Morgan fingerprint density at radius 1 is 1.22 bits per heavy atom. The van der Waals surface area contributed by atoms with Crippen molar-refractivity contribution in [3.63, 3.8) is 0 Å². The molecule has 0 N–H and O–H groups in total. The number of carbonyl (C=O) groups excluding carboxylic acids is 1. The summed E-state index contributed by atoms with van der Waals surface area (Å²) in [5.74, 6) is 2.54. The third-order valence-electron chi connectivity index (χ3n) is 2.09. The van der Waals surface area contributed by atoms with E-state index < -0.39 is 19.8 Å². The Bertz CT molecular complexity index is 516. The van der Waals surface area contributed by atoms with E-state index in [1.807, 2.05) is 19.6 Å². The van der Waals surface area contributed by atoms with Crippen molar-refractivity contribution >= 4 is 14.4 Å². The molecule has 1 aromatic rings. The van der Waals surface area contributed by atoms with Crippen molar-refractivity contribution in [2.45, 2.75) is 25.8 Å². The molecule has 0 unspecified atom stereocenters. The van der Waals surface area contributed by atoms with Gasteiger partial charge in [0, 0.05) is 11.1 Å². The molecule has 1 aromatic carbocycles. The predicted molar refractivity (Wildman–Crippen MR) is 67.1 cm³/mol. The third-order valence-corrected chi connectivity index (χ3v) is 2.97. The summed E-state index contributed by atoms with van der Waals surface area (Å²) in [5, 5.41) is 0. The van der Waals surface area contributed by atoms with Crippen molar-refractivity contribution in [2.24, 2.45) is 0 Å². The van der Waals surface area contributed by atoms with E-state index in [0.717, 1.165) is 6.07 Å². The van der Waals surface area contributed by atoms with Gasteiger partial charge in [-0.2, -0.15) is 13.2 Å². The number of hydrogen-bond donors (Lipinski definition) is 0. The van der Waals surface area contributed by atoms with Crippen molar-refractivity contribution < 1.29 is 18.0 Å². The van der Waals surface area contributed by atoms with Gasteiger partial charge in [0.25, 0.3) is 0 Å².